The predicted molar refractivity (Wildman–Crippen MR) is 109 cm³/mol. The summed E-state index contributed by atoms with van der Waals surface area (Å²) in [5, 5.41) is 9.43. The molecule has 1 fully saturated rings. The van der Waals surface area contributed by atoms with E-state index in [0.717, 1.165) is 48.4 Å². The lowest BCUT2D eigenvalue weighted by atomic mass is 10.1. The van der Waals surface area contributed by atoms with Gasteiger partial charge in [-0.1, -0.05) is 18.2 Å². The van der Waals surface area contributed by atoms with Gasteiger partial charge in [-0.3, -0.25) is 9.13 Å². The van der Waals surface area contributed by atoms with Crippen LogP contribution in [0.4, 0.5) is 5.69 Å². The molecule has 28 heavy (non-hydrogen) atoms. The molecule has 0 spiro atoms. The Hall–Kier alpha value is -3.11. The summed E-state index contributed by atoms with van der Waals surface area (Å²) >= 11 is 0. The molecule has 4 rings (SSSR count). The number of pyridine rings is 1. The van der Waals surface area contributed by atoms with Gasteiger partial charge in [0.1, 0.15) is 5.52 Å². The van der Waals surface area contributed by atoms with E-state index in [2.05, 4.69) is 16.0 Å². The molecule has 3 aromatic rings. The molecule has 1 aliphatic heterocycles. The van der Waals surface area contributed by atoms with Crippen molar-refractivity contribution in [3.05, 3.63) is 57.6 Å². The number of piperidine rings is 1. The topological polar surface area (TPSA) is 92.9 Å². The van der Waals surface area contributed by atoms with Crippen LogP contribution in [0.3, 0.4) is 0 Å². The third kappa shape index (κ3) is 3.06. The lowest BCUT2D eigenvalue weighted by Crippen LogP contribution is -2.43. The maximum absolute atomic E-state index is 13.1. The molecule has 144 valence electrons. The highest BCUT2D eigenvalue weighted by molar-refractivity contribution is 5.87. The normalized spacial score (nSPS) is 17.1. The lowest BCUT2D eigenvalue weighted by Gasteiger charge is -2.33. The van der Waals surface area contributed by atoms with Crippen LogP contribution in [0.15, 0.2) is 35.1 Å². The zero-order valence-electron chi connectivity index (χ0n) is 16.2. The second-order valence-corrected chi connectivity index (χ2v) is 7.50. The fourth-order valence-corrected chi connectivity index (χ4v) is 4.05. The van der Waals surface area contributed by atoms with Crippen LogP contribution in [-0.2, 0) is 13.6 Å². The first-order chi connectivity index (χ1) is 13.5. The number of benzene rings is 1. The quantitative estimate of drug-likeness (QED) is 0.753. The Morgan fingerprint density at radius 1 is 1.36 bits per heavy atom. The second-order valence-electron chi connectivity index (χ2n) is 7.50. The van der Waals surface area contributed by atoms with Crippen molar-refractivity contribution in [2.24, 2.45) is 12.8 Å². The number of nitrogens with zero attached hydrogens (tertiary/aromatic N) is 5. The van der Waals surface area contributed by atoms with Crippen LogP contribution < -0.4 is 16.3 Å². The smallest absolute Gasteiger partial charge is 0.330 e. The SMILES string of the molecule is Cc1cc(N2CCC[C@H](N)C2)c2c(n1)n(C)c(=O)n2Cc1ccccc1C#N. The van der Waals surface area contributed by atoms with Gasteiger partial charge in [0.2, 0.25) is 0 Å². The Kier molecular flexibility index (Phi) is 4.65. The van der Waals surface area contributed by atoms with Crippen LogP contribution in [0.2, 0.25) is 0 Å². The summed E-state index contributed by atoms with van der Waals surface area (Å²) in [4.78, 5) is 20.0. The van der Waals surface area contributed by atoms with E-state index in [1.54, 1.807) is 22.2 Å². The number of nitriles is 1. The fourth-order valence-electron chi connectivity index (χ4n) is 4.05. The van der Waals surface area contributed by atoms with E-state index in [9.17, 15) is 10.1 Å². The van der Waals surface area contributed by atoms with Crippen molar-refractivity contribution in [1.29, 1.82) is 5.26 Å². The molecular weight excluding hydrogens is 352 g/mol. The minimum Gasteiger partial charge on any atom is -0.368 e. The van der Waals surface area contributed by atoms with Crippen molar-refractivity contribution in [2.75, 3.05) is 18.0 Å². The highest BCUT2D eigenvalue weighted by Gasteiger charge is 2.24. The molecule has 0 radical (unpaired) electrons. The van der Waals surface area contributed by atoms with Crippen LogP contribution in [0, 0.1) is 18.3 Å². The molecule has 0 aliphatic carbocycles. The predicted octanol–water partition coefficient (Wildman–Crippen LogP) is 1.89. The van der Waals surface area contributed by atoms with Gasteiger partial charge < -0.3 is 10.6 Å². The molecule has 2 aromatic heterocycles. The third-order valence-electron chi connectivity index (χ3n) is 5.45. The van der Waals surface area contributed by atoms with Crippen molar-refractivity contribution in [3.8, 4) is 6.07 Å². The van der Waals surface area contributed by atoms with E-state index in [1.165, 1.54) is 0 Å². The summed E-state index contributed by atoms with van der Waals surface area (Å²) in [5.41, 5.74) is 10.8. The van der Waals surface area contributed by atoms with Gasteiger partial charge >= 0.3 is 5.69 Å². The molecule has 3 heterocycles. The summed E-state index contributed by atoms with van der Waals surface area (Å²) in [6.45, 7) is 3.94. The van der Waals surface area contributed by atoms with Gasteiger partial charge in [-0.2, -0.15) is 5.26 Å². The number of anilines is 1. The molecule has 0 amide bonds. The first kappa shape index (κ1) is 18.3. The summed E-state index contributed by atoms with van der Waals surface area (Å²) in [5.74, 6) is 0. The summed E-state index contributed by atoms with van der Waals surface area (Å²) < 4.78 is 3.32. The molecule has 2 N–H and O–H groups in total. The maximum atomic E-state index is 13.1. The molecule has 1 saturated heterocycles. The van der Waals surface area contributed by atoms with Gasteiger partial charge in [-0.05, 0) is 37.5 Å². The van der Waals surface area contributed by atoms with Gasteiger partial charge in [-0.15, -0.1) is 0 Å². The van der Waals surface area contributed by atoms with Crippen LogP contribution in [-0.4, -0.2) is 33.2 Å². The first-order valence-corrected chi connectivity index (χ1v) is 9.55. The van der Waals surface area contributed by atoms with E-state index in [4.69, 9.17) is 5.73 Å². The highest BCUT2D eigenvalue weighted by Crippen LogP contribution is 2.29. The molecule has 7 heteroatoms. The highest BCUT2D eigenvalue weighted by atomic mass is 16.1. The molecule has 0 unspecified atom stereocenters. The van der Waals surface area contributed by atoms with Crippen molar-refractivity contribution < 1.29 is 0 Å². The number of hydrogen-bond donors (Lipinski definition) is 1. The fraction of sp³-hybridized carbons (Fsp3) is 0.381. The molecule has 0 saturated carbocycles. The monoisotopic (exact) mass is 376 g/mol. The van der Waals surface area contributed by atoms with E-state index in [0.29, 0.717) is 17.8 Å². The molecule has 0 bridgehead atoms. The minimum absolute atomic E-state index is 0.125. The van der Waals surface area contributed by atoms with E-state index in [1.807, 2.05) is 31.2 Å². The van der Waals surface area contributed by atoms with Crippen LogP contribution in [0.25, 0.3) is 11.2 Å². The molecule has 1 aliphatic rings. The maximum Gasteiger partial charge on any atom is 0.330 e. The van der Waals surface area contributed by atoms with Crippen molar-refractivity contribution in [2.45, 2.75) is 32.4 Å². The first-order valence-electron chi connectivity index (χ1n) is 9.55. The number of aromatic nitrogens is 3. The summed E-state index contributed by atoms with van der Waals surface area (Å²) in [6.07, 6.45) is 2.04. The van der Waals surface area contributed by atoms with Gasteiger partial charge in [0, 0.05) is 31.9 Å². The number of aryl methyl sites for hydroxylation is 2. The van der Waals surface area contributed by atoms with Crippen molar-refractivity contribution >= 4 is 16.9 Å². The van der Waals surface area contributed by atoms with Gasteiger partial charge in [0.15, 0.2) is 5.65 Å². The zero-order valence-corrected chi connectivity index (χ0v) is 16.2. The van der Waals surface area contributed by atoms with Crippen LogP contribution in [0.5, 0.6) is 0 Å². The average molecular weight is 376 g/mol. The Balaban J connectivity index is 1.92. The van der Waals surface area contributed by atoms with Crippen molar-refractivity contribution in [1.82, 2.24) is 14.1 Å². The number of nitrogens with two attached hydrogens (primary N) is 1. The Morgan fingerprint density at radius 3 is 2.89 bits per heavy atom. The van der Waals surface area contributed by atoms with E-state index < -0.39 is 0 Å². The Bertz CT molecular complexity index is 1140. The largest absolute Gasteiger partial charge is 0.368 e. The van der Waals surface area contributed by atoms with Crippen LogP contribution >= 0.6 is 0 Å². The van der Waals surface area contributed by atoms with Gasteiger partial charge in [0.25, 0.3) is 0 Å². The standard InChI is InChI=1S/C21H24N6O/c1-14-10-18(26-9-5-8-17(23)13-26)19-20(24-14)25(2)21(28)27(19)12-16-7-4-3-6-15(16)11-22/h3-4,6-7,10,17H,5,8-9,12-13,23H2,1-2H3/t17-/m0/s1. The molecule has 1 atom stereocenters. The van der Waals surface area contributed by atoms with Gasteiger partial charge in [-0.25, -0.2) is 9.78 Å². The third-order valence-corrected chi connectivity index (χ3v) is 5.45. The molecular formula is C21H24N6O. The lowest BCUT2D eigenvalue weighted by molar-refractivity contribution is 0.506. The Morgan fingerprint density at radius 2 is 2.14 bits per heavy atom. The summed E-state index contributed by atoms with van der Waals surface area (Å²) in [6, 6.07) is 11.8. The van der Waals surface area contributed by atoms with Crippen molar-refractivity contribution in [3.63, 3.8) is 0 Å². The number of fused-ring (bicyclic) bond motifs is 1. The minimum atomic E-state index is -0.136. The summed E-state index contributed by atoms with van der Waals surface area (Å²) in [7, 11) is 1.75. The Labute approximate surface area is 163 Å². The second kappa shape index (κ2) is 7.13. The van der Waals surface area contributed by atoms with E-state index in [-0.39, 0.29) is 11.7 Å². The zero-order chi connectivity index (χ0) is 19.8. The van der Waals surface area contributed by atoms with Gasteiger partial charge in [0.05, 0.1) is 23.9 Å². The van der Waals surface area contributed by atoms with E-state index >= 15 is 0 Å². The number of rotatable bonds is 3. The average Bonchev–Trinajstić information content (AvgIpc) is 2.92. The molecule has 1 aromatic carbocycles. The molecule has 7 nitrogen and oxygen atoms in total. The van der Waals surface area contributed by atoms with Crippen LogP contribution in [0.1, 0.15) is 29.7 Å². The number of imidazole rings is 1. The number of hydrogen-bond acceptors (Lipinski definition) is 5.